The number of nitrogens with one attached hydrogen (secondary N) is 1. The first kappa shape index (κ1) is 36.1. The summed E-state index contributed by atoms with van der Waals surface area (Å²) < 4.78 is 42.7. The Morgan fingerprint density at radius 3 is 1.98 bits per heavy atom. The second kappa shape index (κ2) is 20.0. The molecule has 0 spiro atoms. The molecule has 0 aromatic heterocycles. The number of aliphatic imine (C=N–C) groups is 1. The summed E-state index contributed by atoms with van der Waals surface area (Å²) in [4.78, 5) is 37.1. The van der Waals surface area contributed by atoms with Crippen molar-refractivity contribution < 1.29 is 33.7 Å². The first-order valence-corrected chi connectivity index (χ1v) is 15.0. The molecule has 1 N–H and O–H groups in total. The minimum Gasteiger partial charge on any atom is -0.444 e. The number of amides is 1. The second-order valence-electron chi connectivity index (χ2n) is 11.9. The Balaban J connectivity index is 0.000000638. The van der Waals surface area contributed by atoms with Gasteiger partial charge in [-0.3, -0.25) is 14.6 Å². The molecule has 2 atom stereocenters. The minimum absolute atomic E-state index is 0.0302. The first-order valence-electron chi connectivity index (χ1n) is 15.7. The molecule has 3 rings (SSSR count). The summed E-state index contributed by atoms with van der Waals surface area (Å²) in [6, 6.07) is 0.597. The molecule has 0 radical (unpaired) electrons. The normalized spacial score (nSPS) is 21.0. The van der Waals surface area contributed by atoms with Crippen molar-refractivity contribution in [3.63, 3.8) is 0 Å². The fraction of sp³-hybridized carbons (Fsp3) is 0.871. The van der Waals surface area contributed by atoms with Crippen LogP contribution < -0.4 is 5.32 Å². The Hall–Kier alpha value is -1.93. The Morgan fingerprint density at radius 1 is 1.05 bits per heavy atom. The highest BCUT2D eigenvalue weighted by Crippen LogP contribution is 2.29. The van der Waals surface area contributed by atoms with Gasteiger partial charge in [-0.1, -0.05) is 52.3 Å². The Bertz CT molecular complexity index is 772. The summed E-state index contributed by atoms with van der Waals surface area (Å²) in [6.07, 6.45) is 10.7. The maximum Gasteiger partial charge on any atom is 0.446 e. The first-order chi connectivity index (χ1) is 19.1. The van der Waals surface area contributed by atoms with Crippen LogP contribution in [0.3, 0.4) is 0 Å². The van der Waals surface area contributed by atoms with E-state index in [1.165, 1.54) is 64.2 Å². The number of rotatable bonds is 6. The van der Waals surface area contributed by atoms with Crippen LogP contribution in [0.2, 0.25) is 0 Å². The molecule has 2 unspecified atom stereocenters. The molecule has 6 nitrogen and oxygen atoms in total. The standard InChI is InChI=1S/C16H29NO3.C11H19N.C2HF3O.C2H6/c1-12(17-15(19)20-16(2,3)4)10-11-14(18)13-8-6-5-7-9-13;1-9-7-8-11(12-9)10-5-3-2-4-6-10;3-2(4,5)1-6;1-2/h12-13H,5-11H2,1-4H3,(H,17,19);9-10H,2-8H2,1H3;1H;1-2H3/i;;;1D. The fourth-order valence-corrected chi connectivity index (χ4v) is 5.08. The van der Waals surface area contributed by atoms with E-state index in [0.29, 0.717) is 31.6 Å². The van der Waals surface area contributed by atoms with E-state index in [0.717, 1.165) is 18.8 Å². The van der Waals surface area contributed by atoms with Gasteiger partial charge in [0.25, 0.3) is 0 Å². The molecular weight excluding hydrogens is 521 g/mol. The average molecular weight is 578 g/mol. The lowest BCUT2D eigenvalue weighted by Crippen LogP contribution is -2.38. The SMILES string of the molecule is CC(CCC(=O)C1CCCCC1)NC(=O)OC(C)(C)C.CC1CCC(C2CCCCC2)=N1.O=CC(F)(F)F.[2H]CC. The number of hydrogen-bond donors (Lipinski definition) is 1. The van der Waals surface area contributed by atoms with Crippen molar-refractivity contribution >= 4 is 23.9 Å². The van der Waals surface area contributed by atoms with Crippen LogP contribution in [0.25, 0.3) is 0 Å². The van der Waals surface area contributed by atoms with Crippen molar-refractivity contribution in [1.82, 2.24) is 5.32 Å². The molecule has 0 aromatic rings. The van der Waals surface area contributed by atoms with Crippen LogP contribution in [-0.4, -0.2) is 47.7 Å². The monoisotopic (exact) mass is 577 g/mol. The van der Waals surface area contributed by atoms with Gasteiger partial charge in [-0.2, -0.15) is 13.2 Å². The number of ketones is 1. The number of nitrogens with zero attached hydrogens (tertiary/aromatic N) is 1. The molecule has 0 bridgehead atoms. The molecule has 40 heavy (non-hydrogen) atoms. The lowest BCUT2D eigenvalue weighted by Gasteiger charge is -2.23. The Morgan fingerprint density at radius 2 is 1.55 bits per heavy atom. The largest absolute Gasteiger partial charge is 0.446 e. The molecule has 2 aliphatic carbocycles. The summed E-state index contributed by atoms with van der Waals surface area (Å²) >= 11 is 0. The van der Waals surface area contributed by atoms with Gasteiger partial charge < -0.3 is 10.1 Å². The Kier molecular flexibility index (Phi) is 18.1. The topological polar surface area (TPSA) is 84.8 Å². The number of carbonyl (C=O) groups excluding carboxylic acids is 3. The van der Waals surface area contributed by atoms with E-state index in [1.54, 1.807) is 12.6 Å². The summed E-state index contributed by atoms with van der Waals surface area (Å²) in [5.41, 5.74) is 1.07. The molecule has 2 fully saturated rings. The molecule has 3 aliphatic rings. The van der Waals surface area contributed by atoms with Crippen molar-refractivity contribution in [2.45, 2.75) is 162 Å². The van der Waals surface area contributed by atoms with E-state index >= 15 is 0 Å². The zero-order valence-electron chi connectivity index (χ0n) is 26.7. The third-order valence-electron chi connectivity index (χ3n) is 7.06. The van der Waals surface area contributed by atoms with Crippen LogP contribution >= 0.6 is 0 Å². The summed E-state index contributed by atoms with van der Waals surface area (Å²) in [5.74, 6) is 1.50. The van der Waals surface area contributed by atoms with Gasteiger partial charge in [0, 0.05) is 31.5 Å². The molecule has 1 heterocycles. The third-order valence-corrected chi connectivity index (χ3v) is 7.06. The Labute approximate surface area is 242 Å². The van der Waals surface area contributed by atoms with Crippen molar-refractivity contribution in [3.05, 3.63) is 0 Å². The van der Waals surface area contributed by atoms with E-state index in [9.17, 15) is 22.8 Å². The number of carbonyl (C=O) groups is 3. The molecule has 234 valence electrons. The lowest BCUT2D eigenvalue weighted by molar-refractivity contribution is -0.156. The van der Waals surface area contributed by atoms with E-state index in [1.807, 2.05) is 27.7 Å². The van der Waals surface area contributed by atoms with Gasteiger partial charge in [-0.25, -0.2) is 4.79 Å². The number of halogens is 3. The maximum absolute atomic E-state index is 12.1. The average Bonchev–Trinajstić information content (AvgIpc) is 3.34. The minimum atomic E-state index is -4.64. The van der Waals surface area contributed by atoms with Crippen LogP contribution in [0, 0.1) is 11.8 Å². The zero-order valence-corrected chi connectivity index (χ0v) is 25.7. The highest BCUT2D eigenvalue weighted by molar-refractivity contribution is 5.88. The van der Waals surface area contributed by atoms with Crippen LogP contribution in [0.5, 0.6) is 0 Å². The molecule has 0 saturated heterocycles. The molecule has 2 saturated carbocycles. The fourth-order valence-electron chi connectivity index (χ4n) is 5.08. The number of aldehydes is 1. The number of alkyl halides is 3. The van der Waals surface area contributed by atoms with E-state index in [4.69, 9.17) is 15.9 Å². The van der Waals surface area contributed by atoms with Gasteiger partial charge in [0.15, 0.2) is 0 Å². The maximum atomic E-state index is 12.1. The third kappa shape index (κ3) is 19.2. The van der Waals surface area contributed by atoms with E-state index < -0.39 is 24.2 Å². The number of ether oxygens (including phenoxy) is 1. The van der Waals surface area contributed by atoms with E-state index in [2.05, 4.69) is 12.2 Å². The van der Waals surface area contributed by atoms with Crippen LogP contribution in [0.4, 0.5) is 18.0 Å². The molecule has 9 heteroatoms. The highest BCUT2D eigenvalue weighted by atomic mass is 19.4. The lowest BCUT2D eigenvalue weighted by atomic mass is 9.84. The summed E-state index contributed by atoms with van der Waals surface area (Å²) in [5, 5.41) is 2.78. The van der Waals surface area contributed by atoms with Crippen LogP contribution in [0.1, 0.15) is 140 Å². The van der Waals surface area contributed by atoms with Crippen molar-refractivity contribution in [3.8, 4) is 0 Å². The highest BCUT2D eigenvalue weighted by Gasteiger charge is 2.25. The molecule has 1 amide bonds. The van der Waals surface area contributed by atoms with Gasteiger partial charge in [-0.15, -0.1) is 0 Å². The summed E-state index contributed by atoms with van der Waals surface area (Å²) in [7, 11) is 0. The van der Waals surface area contributed by atoms with Crippen molar-refractivity contribution in [2.24, 2.45) is 16.8 Å². The van der Waals surface area contributed by atoms with Gasteiger partial charge in [0.05, 0.1) is 0 Å². The predicted molar refractivity (Wildman–Crippen MR) is 156 cm³/mol. The van der Waals surface area contributed by atoms with Gasteiger partial charge >= 0.3 is 12.3 Å². The van der Waals surface area contributed by atoms with Crippen molar-refractivity contribution in [1.29, 1.82) is 0 Å². The van der Waals surface area contributed by atoms with Gasteiger partial charge in [0.1, 0.15) is 11.4 Å². The number of alkyl carbamates (subject to hydrolysis) is 1. The summed E-state index contributed by atoms with van der Waals surface area (Å²) in [6.45, 7) is 12.0. The molecule has 0 aromatic carbocycles. The van der Waals surface area contributed by atoms with Gasteiger partial charge in [0.2, 0.25) is 6.29 Å². The quantitative estimate of drug-likeness (QED) is 0.320. The second-order valence-corrected chi connectivity index (χ2v) is 11.9. The number of Topliss-reactive ketones (excluding diaryl/α,β-unsaturated/α-hetero) is 1. The zero-order chi connectivity index (χ0) is 31.5. The van der Waals surface area contributed by atoms with Crippen molar-refractivity contribution in [2.75, 3.05) is 0 Å². The van der Waals surface area contributed by atoms with Gasteiger partial charge in [-0.05, 0) is 85.5 Å². The molecular formula is C31H55F3N2O4. The van der Waals surface area contributed by atoms with Crippen LogP contribution in [-0.2, 0) is 14.3 Å². The smallest absolute Gasteiger partial charge is 0.444 e. The van der Waals surface area contributed by atoms with E-state index in [-0.39, 0.29) is 12.0 Å². The predicted octanol–water partition coefficient (Wildman–Crippen LogP) is 8.79. The molecule has 1 aliphatic heterocycles. The van der Waals surface area contributed by atoms with Crippen LogP contribution in [0.15, 0.2) is 4.99 Å². The number of hydrogen-bond acceptors (Lipinski definition) is 5.